The van der Waals surface area contributed by atoms with Gasteiger partial charge >= 0.3 is 0 Å². The average Bonchev–Trinajstić information content (AvgIpc) is 2.64. The maximum Gasteiger partial charge on any atom is 0.0991 e. The van der Waals surface area contributed by atoms with Crippen LogP contribution in [0.3, 0.4) is 0 Å². The van der Waals surface area contributed by atoms with E-state index in [9.17, 15) is 0 Å². The zero-order valence-corrected chi connectivity index (χ0v) is 12.3. The van der Waals surface area contributed by atoms with Gasteiger partial charge in [0.05, 0.1) is 23.3 Å². The number of nitrogens with zero attached hydrogens (tertiary/aromatic N) is 3. The molecule has 0 atom stereocenters. The molecular weight excluding hydrogens is 282 g/mol. The second-order valence-corrected chi connectivity index (χ2v) is 4.99. The summed E-state index contributed by atoms with van der Waals surface area (Å²) >= 11 is 0. The number of nitriles is 2. The lowest BCUT2D eigenvalue weighted by Crippen LogP contribution is -2.09. The van der Waals surface area contributed by atoms with Crippen molar-refractivity contribution in [1.29, 1.82) is 10.5 Å². The van der Waals surface area contributed by atoms with Gasteiger partial charge in [0.15, 0.2) is 0 Å². The molecule has 3 rings (SSSR count). The van der Waals surface area contributed by atoms with Crippen LogP contribution in [0.1, 0.15) is 11.1 Å². The number of hydrogen-bond acceptors (Lipinski definition) is 3. The van der Waals surface area contributed by atoms with Crippen molar-refractivity contribution in [2.45, 2.75) is 0 Å². The van der Waals surface area contributed by atoms with Crippen molar-refractivity contribution < 1.29 is 0 Å². The monoisotopic (exact) mass is 295 g/mol. The molecule has 23 heavy (non-hydrogen) atoms. The molecule has 0 aromatic heterocycles. The molecule has 0 aliphatic heterocycles. The van der Waals surface area contributed by atoms with Crippen LogP contribution in [-0.2, 0) is 0 Å². The normalized spacial score (nSPS) is 9.65. The highest BCUT2D eigenvalue weighted by atomic mass is 15.1. The first-order valence-corrected chi connectivity index (χ1v) is 7.17. The Labute approximate surface area is 135 Å². The Morgan fingerprint density at radius 3 is 1.30 bits per heavy atom. The Morgan fingerprint density at radius 1 is 0.522 bits per heavy atom. The van der Waals surface area contributed by atoms with E-state index in [1.165, 1.54) is 0 Å². The summed E-state index contributed by atoms with van der Waals surface area (Å²) in [5, 5.41) is 17.9. The Hall–Kier alpha value is -3.56. The first-order chi connectivity index (χ1) is 11.3. The van der Waals surface area contributed by atoms with Gasteiger partial charge in [0.25, 0.3) is 0 Å². The fraction of sp³-hybridized carbons (Fsp3) is 0. The molecule has 0 fully saturated rings. The Morgan fingerprint density at radius 2 is 0.913 bits per heavy atom. The summed E-state index contributed by atoms with van der Waals surface area (Å²) in [6.45, 7) is 0. The van der Waals surface area contributed by atoms with Crippen molar-refractivity contribution in [3.63, 3.8) is 0 Å². The quantitative estimate of drug-likeness (QED) is 0.690. The first-order valence-electron chi connectivity index (χ1n) is 7.17. The molecule has 108 valence electrons. The van der Waals surface area contributed by atoms with Crippen molar-refractivity contribution in [3.8, 4) is 12.1 Å². The summed E-state index contributed by atoms with van der Waals surface area (Å²) in [6.07, 6.45) is 0. The molecule has 0 unspecified atom stereocenters. The Kier molecular flexibility index (Phi) is 4.05. The lowest BCUT2D eigenvalue weighted by molar-refractivity contribution is 1.28. The third kappa shape index (κ3) is 3.05. The lowest BCUT2D eigenvalue weighted by Gasteiger charge is -2.25. The maximum atomic E-state index is 8.96. The van der Waals surface area contributed by atoms with Crippen LogP contribution in [-0.4, -0.2) is 0 Å². The van der Waals surface area contributed by atoms with Gasteiger partial charge in [-0.1, -0.05) is 18.2 Å². The minimum Gasteiger partial charge on any atom is -0.311 e. The van der Waals surface area contributed by atoms with E-state index < -0.39 is 0 Å². The van der Waals surface area contributed by atoms with E-state index in [1.807, 2.05) is 54.6 Å². The molecule has 0 bridgehead atoms. The van der Waals surface area contributed by atoms with Crippen LogP contribution in [0, 0.1) is 22.7 Å². The van der Waals surface area contributed by atoms with Gasteiger partial charge in [-0.25, -0.2) is 0 Å². The fourth-order valence-electron chi connectivity index (χ4n) is 2.39. The Balaban J connectivity index is 2.09. The van der Waals surface area contributed by atoms with Crippen molar-refractivity contribution >= 4 is 17.1 Å². The topological polar surface area (TPSA) is 50.8 Å². The minimum atomic E-state index is 0.626. The maximum absolute atomic E-state index is 8.96. The first kappa shape index (κ1) is 14.4. The van der Waals surface area contributed by atoms with Gasteiger partial charge in [-0.05, 0) is 60.7 Å². The van der Waals surface area contributed by atoms with E-state index in [1.54, 1.807) is 24.3 Å². The van der Waals surface area contributed by atoms with E-state index in [2.05, 4.69) is 17.0 Å². The number of benzene rings is 3. The molecule has 0 amide bonds. The van der Waals surface area contributed by atoms with Gasteiger partial charge in [0, 0.05) is 17.1 Å². The van der Waals surface area contributed by atoms with Gasteiger partial charge in [-0.2, -0.15) is 10.5 Å². The smallest absolute Gasteiger partial charge is 0.0991 e. The number of para-hydroxylation sites is 1. The second kappa shape index (κ2) is 6.47. The van der Waals surface area contributed by atoms with Crippen molar-refractivity contribution in [3.05, 3.63) is 90.0 Å². The minimum absolute atomic E-state index is 0.626. The summed E-state index contributed by atoms with van der Waals surface area (Å²) < 4.78 is 0. The average molecular weight is 295 g/mol. The van der Waals surface area contributed by atoms with E-state index in [0.29, 0.717) is 11.1 Å². The molecule has 0 saturated carbocycles. The van der Waals surface area contributed by atoms with Gasteiger partial charge in [-0.3, -0.25) is 0 Å². The summed E-state index contributed by atoms with van der Waals surface area (Å²) in [6, 6.07) is 29.1. The summed E-state index contributed by atoms with van der Waals surface area (Å²) in [7, 11) is 0. The van der Waals surface area contributed by atoms with E-state index in [0.717, 1.165) is 17.1 Å². The van der Waals surface area contributed by atoms with Crippen LogP contribution < -0.4 is 4.90 Å². The second-order valence-electron chi connectivity index (χ2n) is 4.99. The van der Waals surface area contributed by atoms with Crippen molar-refractivity contribution in [1.82, 2.24) is 0 Å². The van der Waals surface area contributed by atoms with Crippen LogP contribution in [0.25, 0.3) is 0 Å². The van der Waals surface area contributed by atoms with E-state index in [-0.39, 0.29) is 0 Å². The predicted octanol–water partition coefficient (Wildman–Crippen LogP) is 4.90. The molecule has 0 spiro atoms. The summed E-state index contributed by atoms with van der Waals surface area (Å²) in [5.41, 5.74) is 4.19. The van der Waals surface area contributed by atoms with Crippen LogP contribution >= 0.6 is 0 Å². The van der Waals surface area contributed by atoms with Gasteiger partial charge in [0.2, 0.25) is 0 Å². The lowest BCUT2D eigenvalue weighted by atomic mass is 10.1. The molecule has 3 nitrogen and oxygen atoms in total. The molecule has 0 aliphatic carbocycles. The largest absolute Gasteiger partial charge is 0.311 e. The highest BCUT2D eigenvalue weighted by Gasteiger charge is 2.11. The van der Waals surface area contributed by atoms with Gasteiger partial charge in [0.1, 0.15) is 0 Å². The molecule has 0 aliphatic rings. The molecule has 3 aromatic rings. The molecule has 0 saturated heterocycles. The van der Waals surface area contributed by atoms with Crippen molar-refractivity contribution in [2.24, 2.45) is 0 Å². The molecular formula is C20H13N3. The molecule has 0 N–H and O–H groups in total. The van der Waals surface area contributed by atoms with Crippen LogP contribution in [0.4, 0.5) is 17.1 Å². The van der Waals surface area contributed by atoms with E-state index >= 15 is 0 Å². The third-order valence-electron chi connectivity index (χ3n) is 3.52. The fourth-order valence-corrected chi connectivity index (χ4v) is 2.39. The van der Waals surface area contributed by atoms with Gasteiger partial charge in [-0.15, -0.1) is 0 Å². The summed E-state index contributed by atoms with van der Waals surface area (Å²) in [5.74, 6) is 0. The third-order valence-corrected chi connectivity index (χ3v) is 3.52. The highest BCUT2D eigenvalue weighted by molar-refractivity contribution is 5.76. The van der Waals surface area contributed by atoms with Crippen LogP contribution in [0.5, 0.6) is 0 Å². The van der Waals surface area contributed by atoms with Crippen LogP contribution in [0.15, 0.2) is 78.9 Å². The Bertz CT molecular complexity index is 810. The SMILES string of the molecule is N#Cc1ccc(N(c2ccccc2)c2ccc(C#N)cc2)cc1. The van der Waals surface area contributed by atoms with Gasteiger partial charge < -0.3 is 4.90 Å². The standard InChI is InChI=1S/C20H13N3/c21-14-16-6-10-19(11-7-16)23(18-4-2-1-3-5-18)20-12-8-17(15-22)9-13-20/h1-13H. The zero-order chi connectivity index (χ0) is 16.1. The predicted molar refractivity (Wildman–Crippen MR) is 90.6 cm³/mol. The van der Waals surface area contributed by atoms with E-state index in [4.69, 9.17) is 10.5 Å². The molecule has 3 aromatic carbocycles. The summed E-state index contributed by atoms with van der Waals surface area (Å²) in [4.78, 5) is 2.09. The highest BCUT2D eigenvalue weighted by Crippen LogP contribution is 2.34. The van der Waals surface area contributed by atoms with Crippen LogP contribution in [0.2, 0.25) is 0 Å². The van der Waals surface area contributed by atoms with Crippen molar-refractivity contribution in [2.75, 3.05) is 4.90 Å². The number of anilines is 3. The molecule has 0 heterocycles. The number of hydrogen-bond donors (Lipinski definition) is 0. The molecule has 3 heteroatoms. The zero-order valence-electron chi connectivity index (χ0n) is 12.3. The number of rotatable bonds is 3. The molecule has 0 radical (unpaired) electrons.